The van der Waals surface area contributed by atoms with Crippen LogP contribution in [0.2, 0.25) is 0 Å². The number of amides is 1. The molecule has 1 saturated heterocycles. The predicted molar refractivity (Wildman–Crippen MR) is 181 cm³/mol. The van der Waals surface area contributed by atoms with Crippen LogP contribution in [0.25, 0.3) is 22.3 Å². The molecule has 4 N–H and O–H groups in total. The van der Waals surface area contributed by atoms with E-state index in [-0.39, 0.29) is 37.0 Å². The highest BCUT2D eigenvalue weighted by Crippen LogP contribution is 2.36. The molecule has 6 rings (SSSR count). The summed E-state index contributed by atoms with van der Waals surface area (Å²) in [6, 6.07) is 20.3. The SMILES string of the molecule is COCc1c(Br)cc(C(=O)Nc2ccc(-c3cc(C4CCNCC4)n4ncnc(N)c34)cc2)c(=O)n1-c1ccccc1.Cl.Cl. The largest absolute Gasteiger partial charge is 0.382 e. The Bertz CT molecular complexity index is 1820. The second-order valence-corrected chi connectivity index (χ2v) is 11.1. The van der Waals surface area contributed by atoms with Gasteiger partial charge in [-0.25, -0.2) is 9.50 Å². The zero-order valence-electron chi connectivity index (χ0n) is 23.8. The van der Waals surface area contributed by atoms with Crippen molar-refractivity contribution in [2.24, 2.45) is 0 Å². The average Bonchev–Trinajstić information content (AvgIpc) is 3.41. The number of halogens is 3. The van der Waals surface area contributed by atoms with Crippen LogP contribution in [0.1, 0.15) is 40.5 Å². The van der Waals surface area contributed by atoms with Crippen LogP contribution in [0.3, 0.4) is 0 Å². The molecule has 0 saturated carbocycles. The third-order valence-electron chi connectivity index (χ3n) is 7.61. The van der Waals surface area contributed by atoms with Crippen LogP contribution < -0.4 is 21.9 Å². The molecule has 1 amide bonds. The van der Waals surface area contributed by atoms with E-state index in [9.17, 15) is 9.59 Å². The number of ether oxygens (including phenoxy) is 1. The van der Waals surface area contributed by atoms with E-state index in [1.807, 2.05) is 59.1 Å². The quantitative estimate of drug-likeness (QED) is 0.202. The maximum Gasteiger partial charge on any atom is 0.268 e. The molecule has 0 unspecified atom stereocenters. The Morgan fingerprint density at radius 3 is 2.48 bits per heavy atom. The first-order valence-electron chi connectivity index (χ1n) is 13.7. The highest BCUT2D eigenvalue weighted by Gasteiger charge is 2.24. The van der Waals surface area contributed by atoms with E-state index in [4.69, 9.17) is 10.5 Å². The van der Waals surface area contributed by atoms with E-state index in [2.05, 4.69) is 42.7 Å². The molecule has 10 nitrogen and oxygen atoms in total. The summed E-state index contributed by atoms with van der Waals surface area (Å²) in [5.74, 6) is 0.270. The fraction of sp³-hybridized carbons (Fsp3) is 0.226. The summed E-state index contributed by atoms with van der Waals surface area (Å²) in [5, 5.41) is 10.8. The molecular formula is C31H32BrCl2N7O3. The summed E-state index contributed by atoms with van der Waals surface area (Å²) in [7, 11) is 1.56. The summed E-state index contributed by atoms with van der Waals surface area (Å²) in [4.78, 5) is 31.2. The number of nitrogens with one attached hydrogen (secondary N) is 2. The Balaban J connectivity index is 0.00000221. The molecule has 0 atom stereocenters. The van der Waals surface area contributed by atoms with Gasteiger partial charge >= 0.3 is 0 Å². The topological polar surface area (TPSA) is 129 Å². The fourth-order valence-electron chi connectivity index (χ4n) is 5.56. The van der Waals surface area contributed by atoms with Crippen molar-refractivity contribution >= 4 is 63.7 Å². The molecule has 3 aromatic heterocycles. The molecule has 0 aliphatic carbocycles. The minimum absolute atomic E-state index is 0. The summed E-state index contributed by atoms with van der Waals surface area (Å²) in [6.45, 7) is 2.12. The lowest BCUT2D eigenvalue weighted by Gasteiger charge is -2.22. The number of anilines is 2. The van der Waals surface area contributed by atoms with Crippen molar-refractivity contribution in [2.45, 2.75) is 25.4 Å². The van der Waals surface area contributed by atoms with Gasteiger partial charge in [-0.15, -0.1) is 24.8 Å². The van der Waals surface area contributed by atoms with Crippen molar-refractivity contribution in [1.29, 1.82) is 0 Å². The Hall–Kier alpha value is -3.74. The number of hydrogen-bond donors (Lipinski definition) is 3. The summed E-state index contributed by atoms with van der Waals surface area (Å²) < 4.78 is 9.33. The van der Waals surface area contributed by atoms with E-state index in [0.717, 1.165) is 48.3 Å². The van der Waals surface area contributed by atoms with Gasteiger partial charge in [0.2, 0.25) is 0 Å². The van der Waals surface area contributed by atoms with Crippen molar-refractivity contribution in [2.75, 3.05) is 31.2 Å². The van der Waals surface area contributed by atoms with Gasteiger partial charge < -0.3 is 21.1 Å². The van der Waals surface area contributed by atoms with Crippen LogP contribution in [0.4, 0.5) is 11.5 Å². The number of carbonyl (C=O) groups excluding carboxylic acids is 1. The molecule has 1 aliphatic rings. The molecule has 5 aromatic rings. The number of para-hydroxylation sites is 1. The predicted octanol–water partition coefficient (Wildman–Crippen LogP) is 5.60. The van der Waals surface area contributed by atoms with Crippen LogP contribution in [0.15, 0.2) is 82.3 Å². The van der Waals surface area contributed by atoms with Crippen molar-refractivity contribution in [3.8, 4) is 16.8 Å². The lowest BCUT2D eigenvalue weighted by molar-refractivity contribution is 0.102. The van der Waals surface area contributed by atoms with Crippen molar-refractivity contribution in [1.82, 2.24) is 24.5 Å². The minimum atomic E-state index is -0.512. The molecular weight excluding hydrogens is 669 g/mol. The number of rotatable bonds is 7. The molecule has 1 fully saturated rings. The lowest BCUT2D eigenvalue weighted by Crippen LogP contribution is -2.30. The zero-order valence-corrected chi connectivity index (χ0v) is 27.0. The smallest absolute Gasteiger partial charge is 0.268 e. The first-order chi connectivity index (χ1) is 20.5. The average molecular weight is 701 g/mol. The van der Waals surface area contributed by atoms with E-state index in [1.54, 1.807) is 7.11 Å². The van der Waals surface area contributed by atoms with Crippen molar-refractivity contribution in [3.05, 3.63) is 105 Å². The number of pyridine rings is 1. The van der Waals surface area contributed by atoms with Gasteiger partial charge in [0.1, 0.15) is 17.4 Å². The highest BCUT2D eigenvalue weighted by molar-refractivity contribution is 9.10. The molecule has 44 heavy (non-hydrogen) atoms. The van der Waals surface area contributed by atoms with Crippen LogP contribution in [-0.4, -0.2) is 45.3 Å². The number of nitrogens with two attached hydrogens (primary N) is 1. The first-order valence-corrected chi connectivity index (χ1v) is 14.5. The number of aromatic nitrogens is 4. The monoisotopic (exact) mass is 699 g/mol. The van der Waals surface area contributed by atoms with Crippen LogP contribution >= 0.6 is 40.7 Å². The molecule has 13 heteroatoms. The number of fused-ring (bicyclic) bond motifs is 1. The summed E-state index contributed by atoms with van der Waals surface area (Å²) in [5.41, 5.74) is 11.4. The second-order valence-electron chi connectivity index (χ2n) is 10.2. The van der Waals surface area contributed by atoms with E-state index < -0.39 is 11.5 Å². The van der Waals surface area contributed by atoms with E-state index >= 15 is 0 Å². The van der Waals surface area contributed by atoms with Gasteiger partial charge in [0.05, 0.1) is 12.3 Å². The lowest BCUT2D eigenvalue weighted by atomic mass is 9.94. The van der Waals surface area contributed by atoms with E-state index in [1.165, 1.54) is 17.0 Å². The fourth-order valence-corrected chi connectivity index (χ4v) is 6.08. The van der Waals surface area contributed by atoms with Crippen LogP contribution in [0, 0.1) is 0 Å². The number of benzene rings is 2. The second kappa shape index (κ2) is 14.4. The number of methoxy groups -OCH3 is 1. The number of hydrogen-bond acceptors (Lipinski definition) is 7. The van der Waals surface area contributed by atoms with Gasteiger partial charge in [-0.1, -0.05) is 30.3 Å². The van der Waals surface area contributed by atoms with Crippen molar-refractivity contribution < 1.29 is 9.53 Å². The molecule has 0 bridgehead atoms. The van der Waals surface area contributed by atoms with Gasteiger partial charge in [0.25, 0.3) is 11.5 Å². The summed E-state index contributed by atoms with van der Waals surface area (Å²) >= 11 is 3.53. The van der Waals surface area contributed by atoms with Gasteiger partial charge in [0.15, 0.2) is 5.82 Å². The van der Waals surface area contributed by atoms with Crippen molar-refractivity contribution in [3.63, 3.8) is 0 Å². The van der Waals surface area contributed by atoms with Gasteiger partial charge in [-0.05, 0) is 83.8 Å². The zero-order chi connectivity index (χ0) is 29.2. The number of nitrogens with zero attached hydrogens (tertiary/aromatic N) is 4. The van der Waals surface area contributed by atoms with Crippen LogP contribution in [0.5, 0.6) is 0 Å². The molecule has 0 spiro atoms. The van der Waals surface area contributed by atoms with Gasteiger partial charge in [-0.2, -0.15) is 5.10 Å². The molecule has 0 radical (unpaired) electrons. The molecule has 1 aliphatic heterocycles. The molecule has 2 aromatic carbocycles. The van der Waals surface area contributed by atoms with Crippen LogP contribution in [-0.2, 0) is 11.3 Å². The number of piperidine rings is 1. The summed E-state index contributed by atoms with van der Waals surface area (Å²) in [6.07, 6.45) is 3.53. The highest BCUT2D eigenvalue weighted by atomic mass is 79.9. The van der Waals surface area contributed by atoms with Gasteiger partial charge in [-0.3, -0.25) is 14.2 Å². The third-order valence-corrected chi connectivity index (χ3v) is 8.30. The first kappa shape index (κ1) is 33.2. The Labute approximate surface area is 275 Å². The van der Waals surface area contributed by atoms with Gasteiger partial charge in [0, 0.05) is 40.1 Å². The molecule has 230 valence electrons. The van der Waals surface area contributed by atoms with E-state index in [0.29, 0.717) is 33.3 Å². The number of carbonyl (C=O) groups is 1. The number of nitrogen functional groups attached to an aromatic ring is 1. The third kappa shape index (κ3) is 6.38. The normalized spacial score (nSPS) is 13.2. The Morgan fingerprint density at radius 1 is 1.09 bits per heavy atom. The Morgan fingerprint density at radius 2 is 1.80 bits per heavy atom. The minimum Gasteiger partial charge on any atom is -0.382 e. The maximum atomic E-state index is 13.6. The maximum absolute atomic E-state index is 13.6. The standard InChI is InChI=1S/C31H30BrN7O3.2ClH/c1-42-17-27-25(32)15-24(31(41)38(27)22-5-3-2-4-6-22)30(40)37-21-9-7-19(8-10-21)23-16-26(20-11-13-34-14-12-20)39-28(23)29(33)35-18-36-39;;/h2-10,15-16,18,20,34H,11-14,17H2,1H3,(H,37,40)(H2,33,35,36);2*1H. The molecule has 4 heterocycles. The Kier molecular flexibility index (Phi) is 10.8.